The summed E-state index contributed by atoms with van der Waals surface area (Å²) in [6.45, 7) is 0.0685. The smallest absolute Gasteiger partial charge is 0.322 e. The average molecular weight is 315 g/mol. The van der Waals surface area contributed by atoms with E-state index in [9.17, 15) is 18.0 Å². The lowest BCUT2D eigenvalue weighted by molar-refractivity contribution is -0.140. The molecule has 0 saturated carbocycles. The third-order valence-electron chi connectivity index (χ3n) is 2.65. The number of benzene rings is 1. The van der Waals surface area contributed by atoms with Crippen molar-refractivity contribution >= 4 is 22.1 Å². The summed E-state index contributed by atoms with van der Waals surface area (Å²) in [5.74, 6) is -2.37. The first-order chi connectivity index (χ1) is 9.72. The molecule has 9 heteroatoms. The summed E-state index contributed by atoms with van der Waals surface area (Å²) in [6.07, 6.45) is -0.617. The molecule has 1 atom stereocenters. The summed E-state index contributed by atoms with van der Waals surface area (Å²) >= 11 is 0. The average Bonchev–Trinajstić information content (AvgIpc) is 2.38. The fraction of sp³-hybridized carbons (Fsp3) is 0.333. The van der Waals surface area contributed by atoms with Crippen LogP contribution in [-0.4, -0.2) is 42.8 Å². The molecule has 0 aliphatic carbocycles. The molecule has 1 amide bonds. The summed E-state index contributed by atoms with van der Waals surface area (Å²) in [6, 6.07) is 7.20. The van der Waals surface area contributed by atoms with Crippen molar-refractivity contribution in [3.05, 3.63) is 35.9 Å². The normalized spacial score (nSPS) is 13.0. The molecule has 0 saturated heterocycles. The van der Waals surface area contributed by atoms with E-state index in [1.807, 2.05) is 4.72 Å². The van der Waals surface area contributed by atoms with Gasteiger partial charge in [0.25, 0.3) is 10.2 Å². The minimum absolute atomic E-state index is 0.0685. The molecule has 0 aliphatic rings. The van der Waals surface area contributed by atoms with Gasteiger partial charge < -0.3 is 10.8 Å². The number of nitrogens with one attached hydrogen (secondary N) is 1. The lowest BCUT2D eigenvalue weighted by Gasteiger charge is -2.20. The number of carbonyl (C=O) groups is 2. The lowest BCUT2D eigenvalue weighted by atomic mass is 10.2. The minimum Gasteiger partial charge on any atom is -0.480 e. The molecule has 0 aliphatic heterocycles. The molecular weight excluding hydrogens is 298 g/mol. The Bertz CT molecular complexity index is 603. The van der Waals surface area contributed by atoms with Gasteiger partial charge in [-0.2, -0.15) is 17.4 Å². The Kier molecular flexibility index (Phi) is 5.82. The summed E-state index contributed by atoms with van der Waals surface area (Å²) < 4.78 is 27.0. The number of hydrogen-bond donors (Lipinski definition) is 3. The number of carboxylic acid groups (broad SMARTS) is 1. The van der Waals surface area contributed by atoms with Gasteiger partial charge in [-0.25, -0.2) is 0 Å². The molecule has 116 valence electrons. The molecule has 8 nitrogen and oxygen atoms in total. The summed E-state index contributed by atoms with van der Waals surface area (Å²) in [5, 5.41) is 8.90. The van der Waals surface area contributed by atoms with Crippen molar-refractivity contribution in [2.45, 2.75) is 19.0 Å². The number of aliphatic carboxylic acids is 1. The Morgan fingerprint density at radius 3 is 2.38 bits per heavy atom. The van der Waals surface area contributed by atoms with Gasteiger partial charge in [-0.3, -0.25) is 9.59 Å². The zero-order chi connectivity index (χ0) is 16.0. The van der Waals surface area contributed by atoms with Crippen LogP contribution in [-0.2, 0) is 26.3 Å². The quantitative estimate of drug-likeness (QED) is 0.583. The molecule has 1 aromatic rings. The van der Waals surface area contributed by atoms with E-state index in [0.29, 0.717) is 0 Å². The number of nitrogens with zero attached hydrogens (tertiary/aromatic N) is 1. The Balaban J connectivity index is 2.79. The highest BCUT2D eigenvalue weighted by atomic mass is 32.2. The minimum atomic E-state index is -4.05. The van der Waals surface area contributed by atoms with E-state index >= 15 is 0 Å². The van der Waals surface area contributed by atoms with E-state index in [4.69, 9.17) is 10.8 Å². The summed E-state index contributed by atoms with van der Waals surface area (Å²) in [5.41, 5.74) is 5.64. The fourth-order valence-electron chi connectivity index (χ4n) is 1.58. The highest BCUT2D eigenvalue weighted by Crippen LogP contribution is 2.07. The monoisotopic (exact) mass is 315 g/mol. The molecule has 1 aromatic carbocycles. The highest BCUT2D eigenvalue weighted by Gasteiger charge is 2.28. The maximum Gasteiger partial charge on any atom is 0.322 e. The number of carboxylic acids is 1. The maximum atomic E-state index is 12.0. The predicted octanol–water partition coefficient (Wildman–Crippen LogP) is -0.719. The van der Waals surface area contributed by atoms with E-state index in [1.54, 1.807) is 30.3 Å². The maximum absolute atomic E-state index is 12.0. The van der Waals surface area contributed by atoms with Gasteiger partial charge in [0.2, 0.25) is 5.91 Å². The Labute approximate surface area is 122 Å². The van der Waals surface area contributed by atoms with E-state index in [1.165, 1.54) is 7.05 Å². The number of amides is 1. The molecule has 0 heterocycles. The molecule has 0 bridgehead atoms. The molecule has 21 heavy (non-hydrogen) atoms. The largest absolute Gasteiger partial charge is 0.480 e. The molecule has 1 rings (SSSR count). The van der Waals surface area contributed by atoms with Crippen molar-refractivity contribution in [2.24, 2.45) is 5.73 Å². The zero-order valence-corrected chi connectivity index (χ0v) is 12.2. The first-order valence-corrected chi connectivity index (χ1v) is 7.45. The van der Waals surface area contributed by atoms with Crippen LogP contribution in [0.4, 0.5) is 0 Å². The highest BCUT2D eigenvalue weighted by molar-refractivity contribution is 7.87. The molecule has 0 spiro atoms. The van der Waals surface area contributed by atoms with Crippen molar-refractivity contribution in [1.82, 2.24) is 9.03 Å². The molecule has 0 radical (unpaired) electrons. The van der Waals surface area contributed by atoms with Crippen molar-refractivity contribution in [3.63, 3.8) is 0 Å². The first-order valence-electron chi connectivity index (χ1n) is 6.01. The van der Waals surface area contributed by atoms with Gasteiger partial charge in [-0.15, -0.1) is 0 Å². The van der Waals surface area contributed by atoms with Crippen molar-refractivity contribution < 1.29 is 23.1 Å². The van der Waals surface area contributed by atoms with Crippen molar-refractivity contribution in [1.29, 1.82) is 0 Å². The van der Waals surface area contributed by atoms with Gasteiger partial charge in [0.1, 0.15) is 6.04 Å². The third-order valence-corrected chi connectivity index (χ3v) is 4.19. The number of primary amides is 1. The van der Waals surface area contributed by atoms with E-state index in [0.717, 1.165) is 9.87 Å². The van der Waals surface area contributed by atoms with Gasteiger partial charge in [-0.05, 0) is 5.56 Å². The first kappa shape index (κ1) is 17.1. The van der Waals surface area contributed by atoms with Gasteiger partial charge in [0.05, 0.1) is 6.42 Å². The van der Waals surface area contributed by atoms with Crippen LogP contribution in [0.2, 0.25) is 0 Å². The zero-order valence-electron chi connectivity index (χ0n) is 11.4. The van der Waals surface area contributed by atoms with Crippen LogP contribution in [0.3, 0.4) is 0 Å². The second-order valence-corrected chi connectivity index (χ2v) is 6.23. The number of carbonyl (C=O) groups excluding carboxylic acids is 1. The predicted molar refractivity (Wildman–Crippen MR) is 75.2 cm³/mol. The Morgan fingerprint density at radius 1 is 1.33 bits per heavy atom. The van der Waals surface area contributed by atoms with Crippen LogP contribution in [0.25, 0.3) is 0 Å². The standard InChI is InChI=1S/C12H17N3O5S/c1-15(8-9-5-3-2-4-6-9)21(19,20)14-10(12(17)18)7-11(13)16/h2-6,10,14H,7-8H2,1H3,(H2,13,16)(H,17,18). The van der Waals surface area contributed by atoms with Gasteiger partial charge in [0, 0.05) is 13.6 Å². The number of rotatable bonds is 8. The van der Waals surface area contributed by atoms with Crippen LogP contribution < -0.4 is 10.5 Å². The van der Waals surface area contributed by atoms with E-state index < -0.39 is 34.5 Å². The van der Waals surface area contributed by atoms with Crippen molar-refractivity contribution in [3.8, 4) is 0 Å². The van der Waals surface area contributed by atoms with E-state index in [-0.39, 0.29) is 6.54 Å². The van der Waals surface area contributed by atoms with Gasteiger partial charge in [-0.1, -0.05) is 30.3 Å². The molecule has 1 unspecified atom stereocenters. The van der Waals surface area contributed by atoms with Crippen LogP contribution in [0, 0.1) is 0 Å². The lowest BCUT2D eigenvalue weighted by Crippen LogP contribution is -2.48. The molecular formula is C12H17N3O5S. The third kappa shape index (κ3) is 5.50. The van der Waals surface area contributed by atoms with Crippen LogP contribution in [0.1, 0.15) is 12.0 Å². The number of hydrogen-bond acceptors (Lipinski definition) is 4. The van der Waals surface area contributed by atoms with Crippen LogP contribution in [0.5, 0.6) is 0 Å². The fourth-order valence-corrected chi connectivity index (χ4v) is 2.62. The van der Waals surface area contributed by atoms with E-state index in [2.05, 4.69) is 0 Å². The topological polar surface area (TPSA) is 130 Å². The Morgan fingerprint density at radius 2 is 1.90 bits per heavy atom. The second-order valence-electron chi connectivity index (χ2n) is 4.43. The van der Waals surface area contributed by atoms with Gasteiger partial charge in [0.15, 0.2) is 0 Å². The van der Waals surface area contributed by atoms with Crippen LogP contribution in [0.15, 0.2) is 30.3 Å². The van der Waals surface area contributed by atoms with Crippen molar-refractivity contribution in [2.75, 3.05) is 7.05 Å². The second kappa shape index (κ2) is 7.16. The molecule has 0 aromatic heterocycles. The summed E-state index contributed by atoms with van der Waals surface area (Å²) in [4.78, 5) is 21.7. The Hall–Kier alpha value is -1.97. The van der Waals surface area contributed by atoms with Crippen LogP contribution >= 0.6 is 0 Å². The summed E-state index contributed by atoms with van der Waals surface area (Å²) in [7, 11) is -2.75. The molecule has 0 fully saturated rings. The molecule has 4 N–H and O–H groups in total. The SMILES string of the molecule is CN(Cc1ccccc1)S(=O)(=O)NC(CC(N)=O)C(=O)O. The number of nitrogens with two attached hydrogens (primary N) is 1. The van der Waals surface area contributed by atoms with Gasteiger partial charge >= 0.3 is 5.97 Å².